The molecule has 1 amide bonds. The first kappa shape index (κ1) is 18.4. The van der Waals surface area contributed by atoms with Gasteiger partial charge in [0.25, 0.3) is 0 Å². The van der Waals surface area contributed by atoms with Crippen LogP contribution in [-0.4, -0.2) is 14.3 Å². The fraction of sp³-hybridized carbons (Fsp3) is 0.235. The number of sulfonamides is 1. The molecular weight excluding hydrogens is 348 g/mol. The molecule has 3 N–H and O–H groups in total. The molecule has 0 bridgehead atoms. The number of anilines is 1. The van der Waals surface area contributed by atoms with Crippen LogP contribution in [0.1, 0.15) is 25.3 Å². The van der Waals surface area contributed by atoms with E-state index in [0.29, 0.717) is 10.7 Å². The zero-order valence-corrected chi connectivity index (χ0v) is 14.9. The Kier molecular flexibility index (Phi) is 5.64. The van der Waals surface area contributed by atoms with Crippen LogP contribution in [0.5, 0.6) is 0 Å². The number of amides is 1. The third-order valence-corrected chi connectivity index (χ3v) is 4.81. The standard InChI is InChI=1S/C17H19ClN2O3S/c1-11(2)16(12-3-5-13(18)6-4-12)17(21)20-14-7-9-15(10-8-14)24(19,22)23/h3-11,16H,1-2H3,(H,20,21)(H2,19,22,23)/t16-/m1/s1. The molecule has 5 nitrogen and oxygen atoms in total. The van der Waals surface area contributed by atoms with Crippen molar-refractivity contribution in [1.82, 2.24) is 0 Å². The molecule has 128 valence electrons. The Morgan fingerprint density at radius 1 is 1.04 bits per heavy atom. The van der Waals surface area contributed by atoms with Gasteiger partial charge in [-0.1, -0.05) is 37.6 Å². The molecule has 7 heteroatoms. The van der Waals surface area contributed by atoms with E-state index in [-0.39, 0.29) is 22.6 Å². The van der Waals surface area contributed by atoms with Crippen molar-refractivity contribution in [3.05, 3.63) is 59.1 Å². The maximum Gasteiger partial charge on any atom is 0.238 e. The molecule has 2 aromatic rings. The Hall–Kier alpha value is -1.89. The maximum absolute atomic E-state index is 12.6. The van der Waals surface area contributed by atoms with Crippen molar-refractivity contribution in [2.24, 2.45) is 11.1 Å². The van der Waals surface area contributed by atoms with Crippen LogP contribution in [0.3, 0.4) is 0 Å². The van der Waals surface area contributed by atoms with Gasteiger partial charge in [-0.25, -0.2) is 13.6 Å². The van der Waals surface area contributed by atoms with Gasteiger partial charge in [-0.2, -0.15) is 0 Å². The van der Waals surface area contributed by atoms with Gasteiger partial charge in [0.2, 0.25) is 15.9 Å². The smallest absolute Gasteiger partial charge is 0.238 e. The maximum atomic E-state index is 12.6. The van der Waals surface area contributed by atoms with Gasteiger partial charge in [-0.15, -0.1) is 0 Å². The Morgan fingerprint density at radius 2 is 1.58 bits per heavy atom. The number of hydrogen-bond acceptors (Lipinski definition) is 3. The normalized spacial score (nSPS) is 12.9. The lowest BCUT2D eigenvalue weighted by Crippen LogP contribution is -2.25. The number of hydrogen-bond donors (Lipinski definition) is 2. The zero-order valence-electron chi connectivity index (χ0n) is 13.4. The van der Waals surface area contributed by atoms with E-state index in [2.05, 4.69) is 5.32 Å². The van der Waals surface area contributed by atoms with Crippen LogP contribution >= 0.6 is 11.6 Å². The average molecular weight is 367 g/mol. The SMILES string of the molecule is CC(C)[C@@H](C(=O)Nc1ccc(S(N)(=O)=O)cc1)c1ccc(Cl)cc1. The van der Waals surface area contributed by atoms with Gasteiger partial charge in [0.05, 0.1) is 10.8 Å². The van der Waals surface area contributed by atoms with Gasteiger partial charge in [0, 0.05) is 10.7 Å². The summed E-state index contributed by atoms with van der Waals surface area (Å²) < 4.78 is 22.5. The molecule has 0 heterocycles. The molecule has 0 fully saturated rings. The van der Waals surface area contributed by atoms with Crippen LogP contribution < -0.4 is 10.5 Å². The van der Waals surface area contributed by atoms with E-state index < -0.39 is 10.0 Å². The molecule has 0 aliphatic heterocycles. The third-order valence-electron chi connectivity index (χ3n) is 3.63. The summed E-state index contributed by atoms with van der Waals surface area (Å²) in [4.78, 5) is 12.6. The van der Waals surface area contributed by atoms with Crippen molar-refractivity contribution < 1.29 is 13.2 Å². The fourth-order valence-electron chi connectivity index (χ4n) is 2.46. The molecule has 0 saturated carbocycles. The van der Waals surface area contributed by atoms with Gasteiger partial charge < -0.3 is 5.32 Å². The minimum Gasteiger partial charge on any atom is -0.326 e. The highest BCUT2D eigenvalue weighted by Crippen LogP contribution is 2.27. The summed E-state index contributed by atoms with van der Waals surface area (Å²) in [5.74, 6) is -0.439. The van der Waals surface area contributed by atoms with Gasteiger partial charge in [0.1, 0.15) is 0 Å². The molecule has 0 radical (unpaired) electrons. The Labute approximate surface area is 146 Å². The second-order valence-corrected chi connectivity index (χ2v) is 7.83. The molecule has 2 aromatic carbocycles. The molecule has 24 heavy (non-hydrogen) atoms. The molecule has 0 aliphatic carbocycles. The minimum atomic E-state index is -3.75. The summed E-state index contributed by atoms with van der Waals surface area (Å²) in [7, 11) is -3.75. The molecule has 0 saturated heterocycles. The number of nitrogens with one attached hydrogen (secondary N) is 1. The summed E-state index contributed by atoms with van der Waals surface area (Å²) >= 11 is 5.90. The first-order chi connectivity index (χ1) is 11.2. The van der Waals surface area contributed by atoms with Crippen molar-refractivity contribution in [3.63, 3.8) is 0 Å². The van der Waals surface area contributed by atoms with Gasteiger partial charge in [0.15, 0.2) is 0 Å². The zero-order chi connectivity index (χ0) is 17.9. The van der Waals surface area contributed by atoms with Crippen molar-refractivity contribution in [1.29, 1.82) is 0 Å². The number of halogens is 1. The summed E-state index contributed by atoms with van der Waals surface area (Å²) in [5, 5.41) is 8.48. The molecule has 1 atom stereocenters. The Morgan fingerprint density at radius 3 is 2.04 bits per heavy atom. The minimum absolute atomic E-state index is 0.00129. The van der Waals surface area contributed by atoms with Crippen LogP contribution in [0.4, 0.5) is 5.69 Å². The van der Waals surface area contributed by atoms with E-state index in [1.165, 1.54) is 24.3 Å². The van der Waals surface area contributed by atoms with Crippen molar-refractivity contribution in [3.8, 4) is 0 Å². The van der Waals surface area contributed by atoms with E-state index in [1.807, 2.05) is 26.0 Å². The van der Waals surface area contributed by atoms with Crippen molar-refractivity contribution >= 4 is 33.2 Å². The molecule has 0 spiro atoms. The number of benzene rings is 2. The summed E-state index contributed by atoms with van der Waals surface area (Å²) in [6.45, 7) is 3.92. The second-order valence-electron chi connectivity index (χ2n) is 5.83. The lowest BCUT2D eigenvalue weighted by molar-refractivity contribution is -0.118. The predicted molar refractivity (Wildman–Crippen MR) is 95.5 cm³/mol. The van der Waals surface area contributed by atoms with Crippen LogP contribution in [-0.2, 0) is 14.8 Å². The van der Waals surface area contributed by atoms with Crippen molar-refractivity contribution in [2.75, 3.05) is 5.32 Å². The largest absolute Gasteiger partial charge is 0.326 e. The highest BCUT2D eigenvalue weighted by molar-refractivity contribution is 7.89. The van der Waals surface area contributed by atoms with E-state index in [1.54, 1.807) is 12.1 Å². The second kappa shape index (κ2) is 7.34. The summed E-state index contributed by atoms with van der Waals surface area (Å²) in [5.41, 5.74) is 1.38. The van der Waals surface area contributed by atoms with Crippen molar-refractivity contribution in [2.45, 2.75) is 24.7 Å². The first-order valence-corrected chi connectivity index (χ1v) is 9.30. The summed E-state index contributed by atoms with van der Waals surface area (Å²) in [6, 6.07) is 12.9. The van der Waals surface area contributed by atoms with E-state index >= 15 is 0 Å². The van der Waals surface area contributed by atoms with Gasteiger partial charge in [-0.3, -0.25) is 4.79 Å². The van der Waals surface area contributed by atoms with Crippen LogP contribution in [0, 0.1) is 5.92 Å². The average Bonchev–Trinajstić information content (AvgIpc) is 2.49. The number of primary sulfonamides is 1. The topological polar surface area (TPSA) is 89.3 Å². The third kappa shape index (κ3) is 4.56. The molecule has 2 rings (SSSR count). The summed E-state index contributed by atoms with van der Waals surface area (Å²) in [6.07, 6.45) is 0. The van der Waals surface area contributed by atoms with Crippen LogP contribution in [0.2, 0.25) is 5.02 Å². The lowest BCUT2D eigenvalue weighted by Gasteiger charge is -2.21. The monoisotopic (exact) mass is 366 g/mol. The lowest BCUT2D eigenvalue weighted by atomic mass is 9.87. The number of carbonyl (C=O) groups excluding carboxylic acids is 1. The van der Waals surface area contributed by atoms with Crippen LogP contribution in [0.25, 0.3) is 0 Å². The van der Waals surface area contributed by atoms with Crippen LogP contribution in [0.15, 0.2) is 53.4 Å². The number of carbonyl (C=O) groups is 1. The predicted octanol–water partition coefficient (Wildman–Crippen LogP) is 3.37. The Balaban J connectivity index is 2.21. The quantitative estimate of drug-likeness (QED) is 0.850. The highest BCUT2D eigenvalue weighted by Gasteiger charge is 2.24. The van der Waals surface area contributed by atoms with Gasteiger partial charge in [-0.05, 0) is 47.9 Å². The molecule has 0 aliphatic rings. The number of rotatable bonds is 5. The fourth-order valence-corrected chi connectivity index (χ4v) is 3.10. The van der Waals surface area contributed by atoms with E-state index in [0.717, 1.165) is 5.56 Å². The number of nitrogens with two attached hydrogens (primary N) is 1. The molecular formula is C17H19ClN2O3S. The molecule has 0 aromatic heterocycles. The molecule has 0 unspecified atom stereocenters. The Bertz CT molecular complexity index is 816. The first-order valence-electron chi connectivity index (χ1n) is 7.37. The van der Waals surface area contributed by atoms with Gasteiger partial charge >= 0.3 is 0 Å². The van der Waals surface area contributed by atoms with E-state index in [9.17, 15) is 13.2 Å². The highest BCUT2D eigenvalue weighted by atomic mass is 35.5. The van der Waals surface area contributed by atoms with E-state index in [4.69, 9.17) is 16.7 Å².